The molecule has 1 saturated heterocycles. The fourth-order valence-electron chi connectivity index (χ4n) is 2.08. The Kier molecular flexibility index (Phi) is 3.01. The van der Waals surface area contributed by atoms with Crippen LogP contribution in [0.5, 0.6) is 5.75 Å². The van der Waals surface area contributed by atoms with Crippen LogP contribution in [0.1, 0.15) is 11.1 Å². The molecular formula is C12H17FN2O. The summed E-state index contributed by atoms with van der Waals surface area (Å²) in [5.74, 6) is -0.718. The van der Waals surface area contributed by atoms with E-state index >= 15 is 0 Å². The van der Waals surface area contributed by atoms with Gasteiger partial charge in [-0.3, -0.25) is 0 Å². The van der Waals surface area contributed by atoms with E-state index in [1.807, 2.05) is 6.07 Å². The lowest BCUT2D eigenvalue weighted by Gasteiger charge is -2.31. The van der Waals surface area contributed by atoms with Crippen LogP contribution in [0.4, 0.5) is 10.1 Å². The molecule has 1 fully saturated rings. The van der Waals surface area contributed by atoms with E-state index in [0.29, 0.717) is 11.1 Å². The van der Waals surface area contributed by atoms with Crippen LogP contribution in [0.25, 0.3) is 0 Å². The number of hydrogen-bond acceptors (Lipinski definition) is 3. The van der Waals surface area contributed by atoms with Gasteiger partial charge < -0.3 is 15.3 Å². The molecule has 0 atom stereocenters. The molecule has 3 nitrogen and oxygen atoms in total. The van der Waals surface area contributed by atoms with Crippen molar-refractivity contribution in [2.45, 2.75) is 13.8 Å². The number of piperazine rings is 1. The third-order valence-corrected chi connectivity index (χ3v) is 3.10. The minimum atomic E-state index is -0.503. The average Bonchev–Trinajstić information content (AvgIpc) is 2.32. The average molecular weight is 224 g/mol. The van der Waals surface area contributed by atoms with Crippen molar-refractivity contribution in [1.29, 1.82) is 0 Å². The molecule has 1 heterocycles. The van der Waals surface area contributed by atoms with Crippen molar-refractivity contribution in [2.75, 3.05) is 31.1 Å². The van der Waals surface area contributed by atoms with Crippen LogP contribution < -0.4 is 10.2 Å². The van der Waals surface area contributed by atoms with Crippen LogP contribution in [0, 0.1) is 19.7 Å². The number of rotatable bonds is 1. The Balaban J connectivity index is 2.40. The Bertz CT molecular complexity index is 400. The first-order chi connectivity index (χ1) is 7.61. The molecule has 2 N–H and O–H groups in total. The Morgan fingerprint density at radius 3 is 2.56 bits per heavy atom. The van der Waals surface area contributed by atoms with E-state index < -0.39 is 5.82 Å². The SMILES string of the molecule is Cc1cc(N2CCNCC2)c(C)c(O)c1F. The lowest BCUT2D eigenvalue weighted by atomic mass is 10.1. The lowest BCUT2D eigenvalue weighted by molar-refractivity contribution is 0.426. The van der Waals surface area contributed by atoms with Crippen LogP contribution in [-0.4, -0.2) is 31.3 Å². The van der Waals surface area contributed by atoms with Gasteiger partial charge in [0.1, 0.15) is 0 Å². The molecule has 0 spiro atoms. The zero-order chi connectivity index (χ0) is 11.7. The number of aryl methyl sites for hydroxylation is 1. The molecule has 0 radical (unpaired) electrons. The summed E-state index contributed by atoms with van der Waals surface area (Å²) < 4.78 is 13.5. The summed E-state index contributed by atoms with van der Waals surface area (Å²) in [5.41, 5.74) is 2.07. The second kappa shape index (κ2) is 4.29. The number of nitrogens with zero attached hydrogens (tertiary/aromatic N) is 1. The van der Waals surface area contributed by atoms with Crippen molar-refractivity contribution in [3.63, 3.8) is 0 Å². The van der Waals surface area contributed by atoms with Gasteiger partial charge in [0.25, 0.3) is 0 Å². The van der Waals surface area contributed by atoms with Crippen molar-refractivity contribution >= 4 is 5.69 Å². The normalized spacial score (nSPS) is 16.6. The second-order valence-corrected chi connectivity index (χ2v) is 4.24. The second-order valence-electron chi connectivity index (χ2n) is 4.24. The highest BCUT2D eigenvalue weighted by molar-refractivity contribution is 5.61. The number of phenolic OH excluding ortho intramolecular Hbond substituents is 1. The number of aromatic hydroxyl groups is 1. The molecule has 1 aliphatic rings. The largest absolute Gasteiger partial charge is 0.505 e. The van der Waals surface area contributed by atoms with Crippen LogP contribution >= 0.6 is 0 Å². The van der Waals surface area contributed by atoms with Crippen molar-refractivity contribution in [1.82, 2.24) is 5.32 Å². The fourth-order valence-corrected chi connectivity index (χ4v) is 2.08. The Morgan fingerprint density at radius 1 is 1.31 bits per heavy atom. The van der Waals surface area contributed by atoms with Crippen molar-refractivity contribution in [3.05, 3.63) is 23.0 Å². The number of nitrogens with one attached hydrogen (secondary N) is 1. The van der Waals surface area contributed by atoms with E-state index in [1.54, 1.807) is 13.8 Å². The number of anilines is 1. The van der Waals surface area contributed by atoms with Gasteiger partial charge in [0, 0.05) is 37.4 Å². The zero-order valence-electron chi connectivity index (χ0n) is 9.68. The first-order valence-electron chi connectivity index (χ1n) is 5.55. The number of benzene rings is 1. The van der Waals surface area contributed by atoms with E-state index in [-0.39, 0.29) is 5.75 Å². The summed E-state index contributed by atoms with van der Waals surface area (Å²) in [6.45, 7) is 7.08. The van der Waals surface area contributed by atoms with Gasteiger partial charge in [-0.25, -0.2) is 4.39 Å². The number of hydrogen-bond donors (Lipinski definition) is 2. The minimum absolute atomic E-state index is 0.214. The Labute approximate surface area is 94.9 Å². The zero-order valence-corrected chi connectivity index (χ0v) is 9.68. The summed E-state index contributed by atoms with van der Waals surface area (Å²) in [5, 5.41) is 12.9. The molecule has 0 aromatic heterocycles. The van der Waals surface area contributed by atoms with E-state index in [9.17, 15) is 9.50 Å². The molecule has 0 unspecified atom stereocenters. The molecule has 1 aliphatic heterocycles. The van der Waals surface area contributed by atoms with Gasteiger partial charge in [-0.15, -0.1) is 0 Å². The van der Waals surface area contributed by atoms with E-state index in [4.69, 9.17) is 0 Å². The summed E-state index contributed by atoms with van der Waals surface area (Å²) in [6, 6.07) is 1.82. The van der Waals surface area contributed by atoms with E-state index in [1.165, 1.54) is 0 Å². The fraction of sp³-hybridized carbons (Fsp3) is 0.500. The van der Waals surface area contributed by atoms with Gasteiger partial charge in [-0.05, 0) is 25.5 Å². The lowest BCUT2D eigenvalue weighted by Crippen LogP contribution is -2.43. The first kappa shape index (κ1) is 11.2. The summed E-state index contributed by atoms with van der Waals surface area (Å²) in [7, 11) is 0. The van der Waals surface area contributed by atoms with Crippen LogP contribution in [0.2, 0.25) is 0 Å². The minimum Gasteiger partial charge on any atom is -0.505 e. The van der Waals surface area contributed by atoms with E-state index in [0.717, 1.165) is 31.9 Å². The highest BCUT2D eigenvalue weighted by Gasteiger charge is 2.18. The van der Waals surface area contributed by atoms with Gasteiger partial charge in [0.2, 0.25) is 0 Å². The molecule has 0 saturated carbocycles. The molecular weight excluding hydrogens is 207 g/mol. The molecule has 0 aliphatic carbocycles. The Morgan fingerprint density at radius 2 is 1.94 bits per heavy atom. The summed E-state index contributed by atoms with van der Waals surface area (Å²) >= 11 is 0. The topological polar surface area (TPSA) is 35.5 Å². The van der Waals surface area contributed by atoms with Crippen LogP contribution in [-0.2, 0) is 0 Å². The molecule has 88 valence electrons. The number of halogens is 1. The van der Waals surface area contributed by atoms with Crippen molar-refractivity contribution in [3.8, 4) is 5.75 Å². The molecule has 2 rings (SSSR count). The molecule has 4 heteroatoms. The predicted molar refractivity (Wildman–Crippen MR) is 62.6 cm³/mol. The molecule has 1 aromatic rings. The maximum Gasteiger partial charge on any atom is 0.168 e. The molecule has 1 aromatic carbocycles. The first-order valence-corrected chi connectivity index (χ1v) is 5.55. The quantitative estimate of drug-likeness (QED) is 0.760. The molecule has 0 bridgehead atoms. The number of phenols is 1. The van der Waals surface area contributed by atoms with Gasteiger partial charge in [-0.2, -0.15) is 0 Å². The highest BCUT2D eigenvalue weighted by Crippen LogP contribution is 2.32. The monoisotopic (exact) mass is 224 g/mol. The molecule has 0 amide bonds. The third kappa shape index (κ3) is 1.85. The summed E-state index contributed by atoms with van der Waals surface area (Å²) in [6.07, 6.45) is 0. The van der Waals surface area contributed by atoms with Crippen LogP contribution in [0.3, 0.4) is 0 Å². The van der Waals surface area contributed by atoms with Crippen molar-refractivity contribution < 1.29 is 9.50 Å². The van der Waals surface area contributed by atoms with Crippen LogP contribution in [0.15, 0.2) is 6.07 Å². The van der Waals surface area contributed by atoms with E-state index in [2.05, 4.69) is 10.2 Å². The Hall–Kier alpha value is -1.29. The maximum absolute atomic E-state index is 13.5. The van der Waals surface area contributed by atoms with Gasteiger partial charge in [-0.1, -0.05) is 0 Å². The maximum atomic E-state index is 13.5. The summed E-state index contributed by atoms with van der Waals surface area (Å²) in [4.78, 5) is 2.18. The van der Waals surface area contributed by atoms with Gasteiger partial charge in [0.15, 0.2) is 11.6 Å². The predicted octanol–water partition coefficient (Wildman–Crippen LogP) is 1.56. The highest BCUT2D eigenvalue weighted by atomic mass is 19.1. The third-order valence-electron chi connectivity index (χ3n) is 3.10. The van der Waals surface area contributed by atoms with Gasteiger partial charge >= 0.3 is 0 Å². The molecule has 16 heavy (non-hydrogen) atoms. The van der Waals surface area contributed by atoms with Crippen molar-refractivity contribution in [2.24, 2.45) is 0 Å². The van der Waals surface area contributed by atoms with Gasteiger partial charge in [0.05, 0.1) is 0 Å². The smallest absolute Gasteiger partial charge is 0.168 e. The standard InChI is InChI=1S/C12H17FN2O/c1-8-7-10(9(2)12(16)11(8)13)15-5-3-14-4-6-15/h7,14,16H,3-6H2,1-2H3.